The minimum Gasteiger partial charge on any atom is -0.497 e. The molecule has 12 rings (SSSR count). The Morgan fingerprint density at radius 3 is 0.893 bits per heavy atom. The Morgan fingerprint density at radius 2 is 0.613 bits per heavy atom. The molecule has 0 bridgehead atoms. The van der Waals surface area contributed by atoms with Crippen molar-refractivity contribution in [2.45, 2.75) is 5.41 Å². The van der Waals surface area contributed by atoms with Gasteiger partial charge in [0.1, 0.15) is 23.0 Å². The molecular weight excluding hydrogens is 925 g/mol. The highest BCUT2D eigenvalue weighted by Gasteiger charge is 2.39. The summed E-state index contributed by atoms with van der Waals surface area (Å²) in [5, 5.41) is 23.9. The molecule has 360 valence electrons. The van der Waals surface area contributed by atoms with Crippen LogP contribution in [0.4, 0.5) is 0 Å². The summed E-state index contributed by atoms with van der Waals surface area (Å²) in [7, 11) is 6.77. The van der Waals surface area contributed by atoms with E-state index in [2.05, 4.69) is 167 Å². The minimum absolute atomic E-state index is 0.606. The second-order valence-corrected chi connectivity index (χ2v) is 18.6. The summed E-state index contributed by atoms with van der Waals surface area (Å²) in [6.07, 6.45) is 0. The number of nitrogens with zero attached hydrogens (tertiary/aromatic N) is 4. The average Bonchev–Trinajstić information content (AvgIpc) is 3.99. The second-order valence-electron chi connectivity index (χ2n) is 18.6. The van der Waals surface area contributed by atoms with Gasteiger partial charge >= 0.3 is 0 Å². The molecule has 0 fully saturated rings. The fourth-order valence-electron chi connectivity index (χ4n) is 11.1. The van der Waals surface area contributed by atoms with Crippen LogP contribution in [0.2, 0.25) is 0 Å². The molecule has 75 heavy (non-hydrogen) atoms. The molecule has 12 aromatic rings. The van der Waals surface area contributed by atoms with E-state index in [9.17, 15) is 10.5 Å². The second kappa shape index (κ2) is 18.9. The van der Waals surface area contributed by atoms with E-state index in [4.69, 9.17) is 18.9 Å². The number of hydrogen-bond acceptors (Lipinski definition) is 6. The molecule has 0 atom stereocenters. The zero-order chi connectivity index (χ0) is 51.2. The SMILES string of the molecule is COc1ccc2c(c1)c1cc(OC)ccc1n2-c1ccc(C(c2ccc(-c3cccc(C#N)c3)cc2)(c2ccc(-c3cccc(C#N)c3)cc2)c2ccc(-n3c4ccc(OC)cc4c4cc(OC)ccc43)cc2)cc1. The minimum atomic E-state index is -0.875. The Labute approximate surface area is 434 Å². The van der Waals surface area contributed by atoms with Crippen LogP contribution < -0.4 is 18.9 Å². The number of ether oxygens (including phenoxy) is 4. The van der Waals surface area contributed by atoms with Gasteiger partial charge in [0.05, 0.1) is 79.2 Å². The first-order chi connectivity index (χ1) is 36.8. The maximum Gasteiger partial charge on any atom is 0.119 e. The fourth-order valence-corrected chi connectivity index (χ4v) is 11.1. The summed E-state index contributed by atoms with van der Waals surface area (Å²) in [6, 6.07) is 80.4. The molecule has 0 N–H and O–H groups in total. The lowest BCUT2D eigenvalue weighted by molar-refractivity contribution is 0.415. The third-order valence-corrected chi connectivity index (χ3v) is 14.8. The van der Waals surface area contributed by atoms with E-state index < -0.39 is 5.41 Å². The van der Waals surface area contributed by atoms with Crippen molar-refractivity contribution in [3.63, 3.8) is 0 Å². The molecule has 0 saturated carbocycles. The van der Waals surface area contributed by atoms with Gasteiger partial charge in [-0.3, -0.25) is 0 Å². The maximum atomic E-state index is 9.82. The van der Waals surface area contributed by atoms with Gasteiger partial charge in [0.25, 0.3) is 0 Å². The lowest BCUT2D eigenvalue weighted by atomic mass is 9.65. The van der Waals surface area contributed by atoms with Crippen molar-refractivity contribution in [3.05, 3.63) is 252 Å². The molecule has 0 aliphatic carbocycles. The standard InChI is InChI=1S/C67H48N4O4/c1-72-55-27-31-63-59(37-55)60-38-56(73-2)28-32-64(60)70(63)53-23-19-51(20-24-53)67(49-15-11-45(12-16-49)47-9-5-7-43(35-47)41-68,50-17-13-46(14-18-50)48-10-6-8-44(36-48)42-69)52-21-25-54(26-22-52)71-65-33-29-57(74-3)39-61(65)62-40-58(75-4)30-34-66(62)71/h5-40H,1-4H3. The van der Waals surface area contributed by atoms with Gasteiger partial charge in [-0.15, -0.1) is 0 Å². The number of hydrogen-bond donors (Lipinski definition) is 0. The summed E-state index contributed by atoms with van der Waals surface area (Å²) in [5.41, 5.74) is 14.7. The van der Waals surface area contributed by atoms with Gasteiger partial charge in [-0.1, -0.05) is 97.1 Å². The first-order valence-electron chi connectivity index (χ1n) is 24.6. The van der Waals surface area contributed by atoms with Crippen molar-refractivity contribution in [3.8, 4) is 68.8 Å². The van der Waals surface area contributed by atoms with E-state index in [0.29, 0.717) is 11.1 Å². The third-order valence-electron chi connectivity index (χ3n) is 14.8. The highest BCUT2D eigenvalue weighted by molar-refractivity contribution is 6.11. The number of fused-ring (bicyclic) bond motifs is 6. The number of benzene rings is 10. The van der Waals surface area contributed by atoms with Crippen LogP contribution >= 0.6 is 0 Å². The molecule has 0 unspecified atom stereocenters. The van der Waals surface area contributed by atoms with E-state index in [1.165, 1.54) is 0 Å². The molecule has 0 radical (unpaired) electrons. The number of aromatic nitrogens is 2. The highest BCUT2D eigenvalue weighted by Crippen LogP contribution is 2.48. The Balaban J connectivity index is 1.09. The van der Waals surface area contributed by atoms with Gasteiger partial charge in [-0.25, -0.2) is 0 Å². The first-order valence-corrected chi connectivity index (χ1v) is 24.6. The molecule has 0 spiro atoms. The number of rotatable bonds is 12. The van der Waals surface area contributed by atoms with E-state index in [-0.39, 0.29) is 0 Å². The van der Waals surface area contributed by atoms with Gasteiger partial charge in [0.2, 0.25) is 0 Å². The van der Waals surface area contributed by atoms with Crippen molar-refractivity contribution < 1.29 is 18.9 Å². The monoisotopic (exact) mass is 972 g/mol. The normalized spacial score (nSPS) is 11.4. The molecule has 10 aromatic carbocycles. The van der Waals surface area contributed by atoms with E-state index >= 15 is 0 Å². The van der Waals surface area contributed by atoms with Gasteiger partial charge in [-0.05, 0) is 166 Å². The van der Waals surface area contributed by atoms with Crippen LogP contribution in [0.15, 0.2) is 218 Å². The van der Waals surface area contributed by atoms with Gasteiger partial charge in [0, 0.05) is 32.9 Å². The van der Waals surface area contributed by atoms with Gasteiger partial charge in [0.15, 0.2) is 0 Å². The molecule has 0 amide bonds. The Morgan fingerprint density at radius 1 is 0.320 bits per heavy atom. The molecular formula is C67H48N4O4. The molecule has 8 nitrogen and oxygen atoms in total. The zero-order valence-corrected chi connectivity index (χ0v) is 41.7. The predicted octanol–water partition coefficient (Wildman–Crippen LogP) is 15.4. The number of nitriles is 2. The van der Waals surface area contributed by atoms with Crippen molar-refractivity contribution >= 4 is 43.6 Å². The van der Waals surface area contributed by atoms with Crippen LogP contribution in [-0.4, -0.2) is 37.6 Å². The van der Waals surface area contributed by atoms with Crippen LogP contribution in [0.25, 0.3) is 77.2 Å². The fraction of sp³-hybridized carbons (Fsp3) is 0.0746. The summed E-state index contributed by atoms with van der Waals surface area (Å²) >= 11 is 0. The maximum absolute atomic E-state index is 9.82. The molecule has 0 aliphatic rings. The summed E-state index contributed by atoms with van der Waals surface area (Å²) in [4.78, 5) is 0. The van der Waals surface area contributed by atoms with E-state index in [1.54, 1.807) is 28.4 Å². The number of methoxy groups -OCH3 is 4. The summed E-state index contributed by atoms with van der Waals surface area (Å²) in [6.45, 7) is 0. The van der Waals surface area contributed by atoms with E-state index in [0.717, 1.165) is 122 Å². The lowest BCUT2D eigenvalue weighted by Gasteiger charge is -2.37. The van der Waals surface area contributed by atoms with Crippen LogP contribution in [0, 0.1) is 22.7 Å². The smallest absolute Gasteiger partial charge is 0.119 e. The molecule has 2 aromatic heterocycles. The zero-order valence-electron chi connectivity index (χ0n) is 41.7. The Hall–Kier alpha value is -10.0. The molecule has 0 saturated heterocycles. The first kappa shape index (κ1) is 46.1. The van der Waals surface area contributed by atoms with Gasteiger partial charge < -0.3 is 28.1 Å². The topological polar surface area (TPSA) is 94.4 Å². The summed E-state index contributed by atoms with van der Waals surface area (Å²) in [5.74, 6) is 3.12. The Bertz CT molecular complexity index is 3830. The van der Waals surface area contributed by atoms with Gasteiger partial charge in [-0.2, -0.15) is 10.5 Å². The predicted molar refractivity (Wildman–Crippen MR) is 300 cm³/mol. The molecule has 8 heteroatoms. The largest absolute Gasteiger partial charge is 0.497 e. The third kappa shape index (κ3) is 7.76. The van der Waals surface area contributed by atoms with E-state index in [1.807, 2.05) is 72.8 Å². The average molecular weight is 973 g/mol. The highest BCUT2D eigenvalue weighted by atomic mass is 16.5. The summed E-state index contributed by atoms with van der Waals surface area (Å²) < 4.78 is 27.5. The molecule has 2 heterocycles. The van der Waals surface area contributed by atoms with Crippen molar-refractivity contribution in [2.75, 3.05) is 28.4 Å². The molecule has 0 aliphatic heterocycles. The van der Waals surface area contributed by atoms with Crippen molar-refractivity contribution in [2.24, 2.45) is 0 Å². The van der Waals surface area contributed by atoms with Crippen LogP contribution in [0.5, 0.6) is 23.0 Å². The van der Waals surface area contributed by atoms with Crippen LogP contribution in [0.1, 0.15) is 33.4 Å². The Kier molecular flexibility index (Phi) is 11.6. The van der Waals surface area contributed by atoms with Crippen molar-refractivity contribution in [1.29, 1.82) is 10.5 Å². The van der Waals surface area contributed by atoms with Crippen LogP contribution in [0.3, 0.4) is 0 Å². The van der Waals surface area contributed by atoms with Crippen LogP contribution in [-0.2, 0) is 5.41 Å². The van der Waals surface area contributed by atoms with Crippen molar-refractivity contribution in [1.82, 2.24) is 9.13 Å². The lowest BCUT2D eigenvalue weighted by Crippen LogP contribution is -2.31. The quantitative estimate of drug-likeness (QED) is 0.113.